The molecule has 6 rings (SSSR count). The molecule has 0 saturated heterocycles. The Labute approximate surface area is 262 Å². The molecule has 5 aromatic rings. The third-order valence-electron chi connectivity index (χ3n) is 7.02. The number of hydrogen-bond acceptors (Lipinski definition) is 9. The molecule has 1 atom stereocenters. The zero-order valence-corrected chi connectivity index (χ0v) is 25.8. The lowest BCUT2D eigenvalue weighted by molar-refractivity contribution is -0.130. The van der Waals surface area contributed by atoms with E-state index in [0.29, 0.717) is 24.0 Å². The molecule has 0 bridgehead atoms. The van der Waals surface area contributed by atoms with Gasteiger partial charge in [0.2, 0.25) is 0 Å². The van der Waals surface area contributed by atoms with Crippen LogP contribution in [-0.4, -0.2) is 49.7 Å². The van der Waals surface area contributed by atoms with Crippen molar-refractivity contribution in [2.45, 2.75) is 38.0 Å². The van der Waals surface area contributed by atoms with E-state index in [4.69, 9.17) is 14.3 Å². The maximum absolute atomic E-state index is 13.8. The fraction of sp³-hybridized carbons (Fsp3) is 0.219. The minimum atomic E-state index is -0.365. The van der Waals surface area contributed by atoms with Crippen LogP contribution in [0.2, 0.25) is 0 Å². The third-order valence-corrected chi connectivity index (χ3v) is 8.85. The topological polar surface area (TPSA) is 115 Å². The molecule has 0 unspecified atom stereocenters. The summed E-state index contributed by atoms with van der Waals surface area (Å²) in [7, 11) is 0. The summed E-state index contributed by atoms with van der Waals surface area (Å²) >= 11 is 2.89. The molecule has 0 radical (unpaired) electrons. The minimum Gasteiger partial charge on any atom is -0.494 e. The van der Waals surface area contributed by atoms with E-state index in [1.807, 2.05) is 60.2 Å². The van der Waals surface area contributed by atoms with E-state index in [-0.39, 0.29) is 35.9 Å². The van der Waals surface area contributed by atoms with Gasteiger partial charge in [-0.05, 0) is 67.3 Å². The number of furan rings is 1. The van der Waals surface area contributed by atoms with Gasteiger partial charge in [-0.2, -0.15) is 5.10 Å². The molecule has 10 nitrogen and oxygen atoms in total. The van der Waals surface area contributed by atoms with Gasteiger partial charge in [0, 0.05) is 12.1 Å². The summed E-state index contributed by atoms with van der Waals surface area (Å²) in [6.45, 7) is 4.62. The van der Waals surface area contributed by atoms with Crippen molar-refractivity contribution in [3.63, 3.8) is 0 Å². The maximum Gasteiger partial charge on any atom is 0.287 e. The number of benzene rings is 2. The van der Waals surface area contributed by atoms with Crippen molar-refractivity contribution in [2.75, 3.05) is 12.4 Å². The molecular weight excluding hydrogens is 597 g/mol. The van der Waals surface area contributed by atoms with Gasteiger partial charge in [0.15, 0.2) is 16.7 Å². The van der Waals surface area contributed by atoms with Gasteiger partial charge in [-0.1, -0.05) is 47.7 Å². The molecule has 224 valence electrons. The number of nitrogens with one attached hydrogen (secondary N) is 1. The van der Waals surface area contributed by atoms with Crippen LogP contribution in [0.3, 0.4) is 0 Å². The van der Waals surface area contributed by atoms with Crippen molar-refractivity contribution in [3.05, 3.63) is 112 Å². The molecular formula is C32H30N6O4S2. The highest BCUT2D eigenvalue weighted by molar-refractivity contribution is 7.99. The van der Waals surface area contributed by atoms with E-state index in [1.165, 1.54) is 18.0 Å². The molecule has 1 N–H and O–H groups in total. The summed E-state index contributed by atoms with van der Waals surface area (Å²) in [5, 5.41) is 20.5. The van der Waals surface area contributed by atoms with Gasteiger partial charge in [-0.15, -0.1) is 21.5 Å². The molecule has 0 spiro atoms. The van der Waals surface area contributed by atoms with Crippen molar-refractivity contribution in [3.8, 4) is 11.4 Å². The Balaban J connectivity index is 1.24. The molecule has 0 saturated carbocycles. The Morgan fingerprint density at radius 1 is 1.07 bits per heavy atom. The fourth-order valence-electron chi connectivity index (χ4n) is 4.85. The van der Waals surface area contributed by atoms with Gasteiger partial charge < -0.3 is 14.5 Å². The number of hydrogen-bond donors (Lipinski definition) is 1. The quantitative estimate of drug-likeness (QED) is 0.178. The second kappa shape index (κ2) is 13.3. The van der Waals surface area contributed by atoms with Crippen LogP contribution in [-0.2, 0) is 11.3 Å². The van der Waals surface area contributed by atoms with E-state index < -0.39 is 0 Å². The summed E-state index contributed by atoms with van der Waals surface area (Å²) in [6.07, 6.45) is 2.09. The van der Waals surface area contributed by atoms with Gasteiger partial charge in [0.1, 0.15) is 5.75 Å². The molecule has 3 aromatic heterocycles. The SMILES string of the molecule is CCOc1ccc(-n2c(CNC(=O)c3ccco3)nnc2SCC(=O)N2N=C(c3cccs3)C[C@H]2c2ccc(C)cc2)cc1. The number of rotatable bonds is 11. The number of carbonyl (C=O) groups is 2. The van der Waals surface area contributed by atoms with Crippen LogP contribution in [0.1, 0.15) is 51.8 Å². The Hall–Kier alpha value is -4.68. The number of aromatic nitrogens is 3. The molecule has 0 fully saturated rings. The first kappa shape index (κ1) is 29.4. The zero-order chi connectivity index (χ0) is 30.5. The van der Waals surface area contributed by atoms with Crippen LogP contribution in [0.5, 0.6) is 5.75 Å². The number of carbonyl (C=O) groups excluding carboxylic acids is 2. The van der Waals surface area contributed by atoms with E-state index >= 15 is 0 Å². The summed E-state index contributed by atoms with van der Waals surface area (Å²) < 4.78 is 12.6. The zero-order valence-electron chi connectivity index (χ0n) is 24.2. The van der Waals surface area contributed by atoms with Crippen LogP contribution < -0.4 is 10.1 Å². The van der Waals surface area contributed by atoms with Gasteiger partial charge >= 0.3 is 0 Å². The second-order valence-electron chi connectivity index (χ2n) is 10.0. The van der Waals surface area contributed by atoms with Crippen molar-refractivity contribution < 1.29 is 18.7 Å². The third kappa shape index (κ3) is 6.46. The molecule has 4 heterocycles. The number of thiophene rings is 1. The molecule has 1 aliphatic rings. The van der Waals surface area contributed by atoms with Crippen LogP contribution in [0.25, 0.3) is 5.69 Å². The lowest BCUT2D eigenvalue weighted by Crippen LogP contribution is -2.28. The monoisotopic (exact) mass is 626 g/mol. The molecule has 0 aliphatic carbocycles. The van der Waals surface area contributed by atoms with E-state index in [0.717, 1.165) is 33.2 Å². The molecule has 44 heavy (non-hydrogen) atoms. The van der Waals surface area contributed by atoms with E-state index in [2.05, 4.69) is 39.8 Å². The Morgan fingerprint density at radius 3 is 2.59 bits per heavy atom. The van der Waals surface area contributed by atoms with Crippen LogP contribution in [0.4, 0.5) is 0 Å². The number of ether oxygens (including phenoxy) is 1. The first-order valence-corrected chi connectivity index (χ1v) is 16.0. The molecule has 2 aromatic carbocycles. The van der Waals surface area contributed by atoms with E-state index in [1.54, 1.807) is 28.5 Å². The second-order valence-corrected chi connectivity index (χ2v) is 11.9. The van der Waals surface area contributed by atoms with Crippen molar-refractivity contribution in [2.24, 2.45) is 5.10 Å². The minimum absolute atomic E-state index is 0.0947. The van der Waals surface area contributed by atoms with Gasteiger partial charge in [0.05, 0.1) is 41.8 Å². The Bertz CT molecular complexity index is 1750. The highest BCUT2D eigenvalue weighted by Gasteiger charge is 2.33. The number of amides is 2. The summed E-state index contributed by atoms with van der Waals surface area (Å²) in [5.41, 5.74) is 3.86. The molecule has 2 amide bonds. The highest BCUT2D eigenvalue weighted by atomic mass is 32.2. The van der Waals surface area contributed by atoms with Crippen LogP contribution in [0.15, 0.2) is 99.1 Å². The highest BCUT2D eigenvalue weighted by Crippen LogP contribution is 2.35. The summed E-state index contributed by atoms with van der Waals surface area (Å²) in [4.78, 5) is 27.4. The average molecular weight is 627 g/mol. The Kier molecular flexibility index (Phi) is 8.89. The van der Waals surface area contributed by atoms with Crippen molar-refractivity contribution in [1.29, 1.82) is 0 Å². The van der Waals surface area contributed by atoms with Gasteiger partial charge in [-0.3, -0.25) is 14.2 Å². The van der Waals surface area contributed by atoms with Crippen LogP contribution >= 0.6 is 23.1 Å². The first-order chi connectivity index (χ1) is 21.5. The maximum atomic E-state index is 13.8. The predicted octanol–water partition coefficient (Wildman–Crippen LogP) is 6.03. The molecule has 12 heteroatoms. The van der Waals surface area contributed by atoms with Crippen molar-refractivity contribution >= 4 is 40.6 Å². The fourth-order valence-corrected chi connectivity index (χ4v) is 6.40. The number of thioether (sulfide) groups is 1. The number of hydrazone groups is 1. The predicted molar refractivity (Wildman–Crippen MR) is 169 cm³/mol. The molecule has 1 aliphatic heterocycles. The Morgan fingerprint density at radius 2 is 1.89 bits per heavy atom. The van der Waals surface area contributed by atoms with E-state index in [9.17, 15) is 9.59 Å². The lowest BCUT2D eigenvalue weighted by Gasteiger charge is -2.22. The largest absolute Gasteiger partial charge is 0.494 e. The lowest BCUT2D eigenvalue weighted by atomic mass is 10.00. The van der Waals surface area contributed by atoms with Gasteiger partial charge in [0.25, 0.3) is 11.8 Å². The van der Waals surface area contributed by atoms with Gasteiger partial charge in [-0.25, -0.2) is 5.01 Å². The number of aryl methyl sites for hydroxylation is 1. The normalized spacial score (nSPS) is 14.5. The summed E-state index contributed by atoms with van der Waals surface area (Å²) in [5.74, 6) is 1.03. The van der Waals surface area contributed by atoms with Crippen molar-refractivity contribution in [1.82, 2.24) is 25.1 Å². The van der Waals surface area contributed by atoms with Crippen LogP contribution in [0, 0.1) is 6.92 Å². The first-order valence-electron chi connectivity index (χ1n) is 14.1. The smallest absolute Gasteiger partial charge is 0.287 e. The summed E-state index contributed by atoms with van der Waals surface area (Å²) in [6, 6.07) is 22.8. The number of nitrogens with zero attached hydrogens (tertiary/aromatic N) is 5. The average Bonchev–Trinajstić information content (AvgIpc) is 3.86. The standard InChI is InChI=1S/C32H30N6O4S2/c1-3-41-24-14-12-23(13-15-24)37-29(19-33-31(40)27-6-4-16-42-27)34-35-32(37)44-20-30(39)38-26(22-10-8-21(2)9-11-22)18-25(36-38)28-7-5-17-43-28/h4-17,26H,3,18-20H2,1-2H3,(H,33,40)/t26-/m0/s1.